The molecule has 0 saturated carbocycles. The van der Waals surface area contributed by atoms with E-state index in [1.165, 1.54) is 4.68 Å². The van der Waals surface area contributed by atoms with Gasteiger partial charge in [0.2, 0.25) is 5.69 Å². The zero-order chi connectivity index (χ0) is 14.0. The number of benzene rings is 1. The maximum Gasteiger partial charge on any atom is 0.363 e. The predicted molar refractivity (Wildman–Crippen MR) is 71.3 cm³/mol. The highest BCUT2D eigenvalue weighted by molar-refractivity contribution is 6.30. The third-order valence-electron chi connectivity index (χ3n) is 2.29. The Balaban J connectivity index is 2.35. The van der Waals surface area contributed by atoms with Crippen LogP contribution >= 0.6 is 11.6 Å². The molecule has 0 spiro atoms. The number of aromatic nitrogens is 3. The van der Waals surface area contributed by atoms with Gasteiger partial charge in [-0.05, 0) is 32.0 Å². The number of halogens is 1. The van der Waals surface area contributed by atoms with Gasteiger partial charge in [0.05, 0.1) is 11.8 Å². The van der Waals surface area contributed by atoms with Gasteiger partial charge in [0, 0.05) is 5.02 Å². The maximum absolute atomic E-state index is 11.7. The van der Waals surface area contributed by atoms with Crippen LogP contribution in [0.15, 0.2) is 24.3 Å². The van der Waals surface area contributed by atoms with Gasteiger partial charge in [-0.25, -0.2) is 4.79 Å². The number of anilines is 1. The van der Waals surface area contributed by atoms with E-state index in [1.54, 1.807) is 38.1 Å². The van der Waals surface area contributed by atoms with Gasteiger partial charge in [-0.1, -0.05) is 22.9 Å². The Kier molecular flexibility index (Phi) is 3.71. The number of nitrogens with zero attached hydrogens (tertiary/aromatic N) is 3. The summed E-state index contributed by atoms with van der Waals surface area (Å²) >= 11 is 5.89. The minimum absolute atomic E-state index is 0.00586. The Morgan fingerprint density at radius 1 is 1.47 bits per heavy atom. The van der Waals surface area contributed by atoms with Crippen LogP contribution in [0.3, 0.4) is 0 Å². The molecule has 2 rings (SSSR count). The van der Waals surface area contributed by atoms with Gasteiger partial charge < -0.3 is 10.5 Å². The molecule has 0 aliphatic rings. The van der Waals surface area contributed by atoms with E-state index in [-0.39, 0.29) is 17.6 Å². The van der Waals surface area contributed by atoms with E-state index < -0.39 is 5.97 Å². The number of hydrogen-bond acceptors (Lipinski definition) is 5. The number of carbonyl (C=O) groups excluding carboxylic acids is 1. The Labute approximate surface area is 115 Å². The molecular weight excluding hydrogens is 268 g/mol. The Morgan fingerprint density at radius 2 is 2.21 bits per heavy atom. The van der Waals surface area contributed by atoms with E-state index in [2.05, 4.69) is 10.3 Å². The summed E-state index contributed by atoms with van der Waals surface area (Å²) in [6.07, 6.45) is -0.247. The second kappa shape index (κ2) is 5.27. The molecule has 2 aromatic rings. The summed E-state index contributed by atoms with van der Waals surface area (Å²) in [5.74, 6) is -0.478. The van der Waals surface area contributed by atoms with Crippen molar-refractivity contribution >= 4 is 23.4 Å². The van der Waals surface area contributed by atoms with Crippen LogP contribution in [-0.2, 0) is 4.74 Å². The lowest BCUT2D eigenvalue weighted by atomic mass is 10.3. The average molecular weight is 281 g/mol. The van der Waals surface area contributed by atoms with Crippen molar-refractivity contribution in [2.24, 2.45) is 0 Å². The van der Waals surface area contributed by atoms with Crippen molar-refractivity contribution < 1.29 is 9.53 Å². The van der Waals surface area contributed by atoms with E-state index >= 15 is 0 Å². The molecule has 0 aliphatic heterocycles. The molecule has 0 aliphatic carbocycles. The van der Waals surface area contributed by atoms with Crippen LogP contribution in [-0.4, -0.2) is 27.1 Å². The molecule has 0 atom stereocenters. The molecule has 0 radical (unpaired) electrons. The molecule has 1 heterocycles. The highest BCUT2D eigenvalue weighted by atomic mass is 35.5. The van der Waals surface area contributed by atoms with Crippen LogP contribution in [0.25, 0.3) is 5.69 Å². The van der Waals surface area contributed by atoms with E-state index in [0.29, 0.717) is 10.7 Å². The summed E-state index contributed by atoms with van der Waals surface area (Å²) in [7, 11) is 0. The van der Waals surface area contributed by atoms with Crippen molar-refractivity contribution in [1.82, 2.24) is 15.0 Å². The summed E-state index contributed by atoms with van der Waals surface area (Å²) in [4.78, 5) is 11.7. The molecule has 6 nitrogen and oxygen atoms in total. The van der Waals surface area contributed by atoms with Gasteiger partial charge in [-0.15, -0.1) is 5.10 Å². The predicted octanol–water partition coefficient (Wildman–Crippen LogP) is 2.07. The topological polar surface area (TPSA) is 83.0 Å². The first-order valence-corrected chi connectivity index (χ1v) is 6.05. The van der Waals surface area contributed by atoms with Gasteiger partial charge in [0.25, 0.3) is 0 Å². The van der Waals surface area contributed by atoms with Crippen LogP contribution in [0.2, 0.25) is 5.02 Å². The minimum atomic E-state index is -0.597. The molecule has 0 saturated heterocycles. The van der Waals surface area contributed by atoms with Crippen molar-refractivity contribution in [3.05, 3.63) is 35.0 Å². The third kappa shape index (κ3) is 2.85. The van der Waals surface area contributed by atoms with Gasteiger partial charge in [0.1, 0.15) is 0 Å². The van der Waals surface area contributed by atoms with Gasteiger partial charge in [0.15, 0.2) is 5.82 Å². The minimum Gasteiger partial charge on any atom is -0.458 e. The smallest absolute Gasteiger partial charge is 0.363 e. The van der Waals surface area contributed by atoms with E-state index in [0.717, 1.165) is 0 Å². The van der Waals surface area contributed by atoms with Gasteiger partial charge in [-0.2, -0.15) is 4.68 Å². The highest BCUT2D eigenvalue weighted by Crippen LogP contribution is 2.19. The lowest BCUT2D eigenvalue weighted by Crippen LogP contribution is -2.14. The first-order chi connectivity index (χ1) is 8.99. The highest BCUT2D eigenvalue weighted by Gasteiger charge is 2.20. The molecule has 7 heteroatoms. The lowest BCUT2D eigenvalue weighted by Gasteiger charge is -2.06. The fourth-order valence-electron chi connectivity index (χ4n) is 1.50. The fourth-order valence-corrected chi connectivity index (χ4v) is 1.69. The number of carbonyl (C=O) groups is 1. The van der Waals surface area contributed by atoms with Crippen molar-refractivity contribution in [1.29, 1.82) is 0 Å². The van der Waals surface area contributed by atoms with Crippen LogP contribution in [0.1, 0.15) is 24.3 Å². The number of nitrogens with two attached hydrogens (primary N) is 1. The zero-order valence-electron chi connectivity index (χ0n) is 10.5. The first-order valence-electron chi connectivity index (χ1n) is 5.67. The number of nitrogen functional groups attached to an aromatic ring is 1. The van der Waals surface area contributed by atoms with E-state index in [1.807, 2.05) is 0 Å². The maximum atomic E-state index is 11.7. The van der Waals surface area contributed by atoms with Crippen LogP contribution in [0, 0.1) is 0 Å². The SMILES string of the molecule is CC(C)OC(=O)c1nnn(-c2cccc(Cl)c2)c1N. The molecule has 0 fully saturated rings. The summed E-state index contributed by atoms with van der Waals surface area (Å²) < 4.78 is 6.37. The Morgan fingerprint density at radius 3 is 2.84 bits per heavy atom. The van der Waals surface area contributed by atoms with Crippen LogP contribution in [0.5, 0.6) is 0 Å². The molecule has 19 heavy (non-hydrogen) atoms. The number of rotatable bonds is 3. The number of esters is 1. The van der Waals surface area contributed by atoms with Gasteiger partial charge >= 0.3 is 5.97 Å². The van der Waals surface area contributed by atoms with Crippen molar-refractivity contribution in [3.8, 4) is 5.69 Å². The Bertz CT molecular complexity index is 610. The molecule has 0 bridgehead atoms. The third-order valence-corrected chi connectivity index (χ3v) is 2.53. The van der Waals surface area contributed by atoms with E-state index in [9.17, 15) is 4.79 Å². The second-order valence-corrected chi connectivity index (χ2v) is 4.61. The standard InChI is InChI=1S/C12H13ClN4O2/c1-7(2)19-12(18)10-11(14)17(16-15-10)9-5-3-4-8(13)6-9/h3-7H,14H2,1-2H3. The molecule has 0 unspecified atom stereocenters. The summed E-state index contributed by atoms with van der Waals surface area (Å²) in [6, 6.07) is 6.91. The molecule has 1 aromatic carbocycles. The number of ether oxygens (including phenoxy) is 1. The quantitative estimate of drug-likeness (QED) is 0.870. The molecule has 100 valence electrons. The normalized spacial score (nSPS) is 10.7. The zero-order valence-corrected chi connectivity index (χ0v) is 11.3. The van der Waals surface area contributed by atoms with Crippen molar-refractivity contribution in [3.63, 3.8) is 0 Å². The van der Waals surface area contributed by atoms with E-state index in [4.69, 9.17) is 22.1 Å². The largest absolute Gasteiger partial charge is 0.458 e. The average Bonchev–Trinajstić information content (AvgIpc) is 2.70. The summed E-state index contributed by atoms with van der Waals surface area (Å²) in [5, 5.41) is 8.12. The Hall–Kier alpha value is -2.08. The molecular formula is C12H13ClN4O2. The van der Waals surface area contributed by atoms with Crippen LogP contribution < -0.4 is 5.73 Å². The summed E-state index contributed by atoms with van der Waals surface area (Å²) in [5.41, 5.74) is 6.48. The first kappa shape index (κ1) is 13.4. The molecule has 2 N–H and O–H groups in total. The monoisotopic (exact) mass is 280 g/mol. The van der Waals surface area contributed by atoms with Gasteiger partial charge in [-0.3, -0.25) is 0 Å². The van der Waals surface area contributed by atoms with Crippen molar-refractivity contribution in [2.75, 3.05) is 5.73 Å². The lowest BCUT2D eigenvalue weighted by molar-refractivity contribution is 0.0372. The second-order valence-electron chi connectivity index (χ2n) is 4.17. The molecule has 0 amide bonds. The summed E-state index contributed by atoms with van der Waals surface area (Å²) in [6.45, 7) is 3.49. The number of hydrogen-bond donors (Lipinski definition) is 1. The fraction of sp³-hybridized carbons (Fsp3) is 0.250. The van der Waals surface area contributed by atoms with Crippen LogP contribution in [0.4, 0.5) is 5.82 Å². The van der Waals surface area contributed by atoms with Crippen molar-refractivity contribution in [2.45, 2.75) is 20.0 Å². The molecule has 1 aromatic heterocycles.